The van der Waals surface area contributed by atoms with E-state index >= 15 is 0 Å². The lowest BCUT2D eigenvalue weighted by Crippen LogP contribution is -2.58. The Bertz CT molecular complexity index is 812. The number of aliphatic hydroxyl groups is 2. The first-order valence-corrected chi connectivity index (χ1v) is 8.98. The number of hydrogen-bond acceptors (Lipinski definition) is 4. The zero-order chi connectivity index (χ0) is 18.4. The number of benzene rings is 2. The number of aromatic amines is 1. The van der Waals surface area contributed by atoms with Gasteiger partial charge in [0.25, 0.3) is 0 Å². The van der Waals surface area contributed by atoms with Crippen LogP contribution in [0.15, 0.2) is 60.8 Å². The summed E-state index contributed by atoms with van der Waals surface area (Å²) in [5.41, 5.74) is 1.25. The van der Waals surface area contributed by atoms with Crippen LogP contribution in [0.3, 0.4) is 0 Å². The van der Waals surface area contributed by atoms with E-state index in [2.05, 4.69) is 16.4 Å². The van der Waals surface area contributed by atoms with E-state index in [-0.39, 0.29) is 19.3 Å². The van der Waals surface area contributed by atoms with Crippen LogP contribution in [0.25, 0.3) is 10.9 Å². The summed E-state index contributed by atoms with van der Waals surface area (Å²) in [6.07, 6.45) is 3.16. The Kier molecular flexibility index (Phi) is 5.93. The third-order valence-electron chi connectivity index (χ3n) is 4.71. The second-order valence-electron chi connectivity index (χ2n) is 6.51. The summed E-state index contributed by atoms with van der Waals surface area (Å²) in [7, 11) is 0. The number of aliphatic hydroxyl groups excluding tert-OH is 2. The van der Waals surface area contributed by atoms with Gasteiger partial charge < -0.3 is 19.9 Å². The maximum absolute atomic E-state index is 10.0. The maximum atomic E-state index is 10.0. The molecule has 0 fully saturated rings. The Morgan fingerprint density at radius 2 is 1.81 bits per heavy atom. The summed E-state index contributed by atoms with van der Waals surface area (Å²) in [4.78, 5) is 3.26. The van der Waals surface area contributed by atoms with Crippen molar-refractivity contribution in [2.45, 2.75) is 31.5 Å². The molecule has 2 atom stereocenters. The molecule has 0 radical (unpaired) electrons. The summed E-state index contributed by atoms with van der Waals surface area (Å²) in [6.45, 7) is 1.70. The monoisotopic (exact) mass is 354 g/mol. The van der Waals surface area contributed by atoms with E-state index in [4.69, 9.17) is 4.74 Å². The Morgan fingerprint density at radius 3 is 2.50 bits per heavy atom. The lowest BCUT2D eigenvalue weighted by molar-refractivity contribution is -0.0367. The van der Waals surface area contributed by atoms with Gasteiger partial charge in [-0.2, -0.15) is 0 Å². The van der Waals surface area contributed by atoms with E-state index in [1.807, 2.05) is 61.7 Å². The molecule has 1 aromatic heterocycles. The molecule has 1 unspecified atom stereocenters. The molecule has 1 heterocycles. The summed E-state index contributed by atoms with van der Waals surface area (Å²) >= 11 is 0. The minimum Gasteiger partial charge on any atom is -0.470 e. The van der Waals surface area contributed by atoms with Gasteiger partial charge in [-0.25, -0.2) is 0 Å². The standard InChI is InChI=1S/C21H26N2O3/c1-2-21(15-25,26-18-8-4-3-5-9-18)23-17(14-24)12-16-13-22-20-11-7-6-10-19(16)20/h3-11,13,17,22-25H,2,12,14-15H2,1H3/t17-,21?/m0/s1. The normalized spacial score (nSPS) is 14.9. The van der Waals surface area contributed by atoms with Crippen LogP contribution in [0, 0.1) is 0 Å². The SMILES string of the molecule is CCC(CO)(N[C@H](CO)Cc1c[nH]c2ccccc12)Oc1ccccc1. The van der Waals surface area contributed by atoms with Crippen molar-refractivity contribution < 1.29 is 14.9 Å². The van der Waals surface area contributed by atoms with Crippen LogP contribution in [0.2, 0.25) is 0 Å². The molecule has 0 amide bonds. The topological polar surface area (TPSA) is 77.5 Å². The van der Waals surface area contributed by atoms with Crippen LogP contribution in [-0.2, 0) is 6.42 Å². The molecule has 0 aliphatic carbocycles. The summed E-state index contributed by atoms with van der Waals surface area (Å²) in [5.74, 6) is 0.680. The molecule has 5 nitrogen and oxygen atoms in total. The second-order valence-corrected chi connectivity index (χ2v) is 6.51. The van der Waals surface area contributed by atoms with Gasteiger partial charge in [-0.1, -0.05) is 43.3 Å². The number of rotatable bonds is 9. The van der Waals surface area contributed by atoms with Crippen LogP contribution in [0.4, 0.5) is 0 Å². The summed E-state index contributed by atoms with van der Waals surface area (Å²) in [5, 5.41) is 24.4. The van der Waals surface area contributed by atoms with Crippen molar-refractivity contribution in [2.75, 3.05) is 13.2 Å². The zero-order valence-corrected chi connectivity index (χ0v) is 15.0. The predicted molar refractivity (Wildman–Crippen MR) is 103 cm³/mol. The highest BCUT2D eigenvalue weighted by Crippen LogP contribution is 2.22. The first-order chi connectivity index (χ1) is 12.7. The highest BCUT2D eigenvalue weighted by molar-refractivity contribution is 5.83. The highest BCUT2D eigenvalue weighted by Gasteiger charge is 2.32. The number of hydrogen-bond donors (Lipinski definition) is 4. The number of para-hydroxylation sites is 2. The van der Waals surface area contributed by atoms with Gasteiger partial charge in [0, 0.05) is 29.6 Å². The van der Waals surface area contributed by atoms with Crippen molar-refractivity contribution in [3.63, 3.8) is 0 Å². The molecule has 26 heavy (non-hydrogen) atoms. The fraction of sp³-hybridized carbons (Fsp3) is 0.333. The molecule has 0 spiro atoms. The minimum absolute atomic E-state index is 0.0561. The lowest BCUT2D eigenvalue weighted by Gasteiger charge is -2.36. The number of ether oxygens (including phenoxy) is 1. The second kappa shape index (κ2) is 8.36. The Hall–Kier alpha value is -2.34. The van der Waals surface area contributed by atoms with Crippen molar-refractivity contribution in [3.8, 4) is 5.75 Å². The van der Waals surface area contributed by atoms with E-state index in [9.17, 15) is 10.2 Å². The van der Waals surface area contributed by atoms with Gasteiger partial charge >= 0.3 is 0 Å². The van der Waals surface area contributed by atoms with Crippen molar-refractivity contribution >= 4 is 10.9 Å². The van der Waals surface area contributed by atoms with E-state index in [1.165, 1.54) is 0 Å². The van der Waals surface area contributed by atoms with Crippen LogP contribution >= 0.6 is 0 Å². The molecule has 4 N–H and O–H groups in total. The molecule has 138 valence electrons. The smallest absolute Gasteiger partial charge is 0.184 e. The van der Waals surface area contributed by atoms with Gasteiger partial charge in [-0.3, -0.25) is 5.32 Å². The van der Waals surface area contributed by atoms with Gasteiger partial charge in [-0.15, -0.1) is 0 Å². The van der Waals surface area contributed by atoms with Crippen LogP contribution in [-0.4, -0.2) is 40.2 Å². The number of aromatic nitrogens is 1. The highest BCUT2D eigenvalue weighted by atomic mass is 16.5. The first kappa shape index (κ1) is 18.5. The van der Waals surface area contributed by atoms with Gasteiger partial charge in [0.2, 0.25) is 0 Å². The van der Waals surface area contributed by atoms with E-state index in [1.54, 1.807) is 0 Å². The van der Waals surface area contributed by atoms with Gasteiger partial charge in [-0.05, 0) is 30.2 Å². The molecule has 0 aliphatic heterocycles. The molecule has 0 aliphatic rings. The minimum atomic E-state index is -0.944. The molecular weight excluding hydrogens is 328 g/mol. The molecule has 2 aromatic carbocycles. The summed E-state index contributed by atoms with van der Waals surface area (Å²) in [6, 6.07) is 17.3. The third-order valence-corrected chi connectivity index (χ3v) is 4.71. The Morgan fingerprint density at radius 1 is 1.08 bits per heavy atom. The van der Waals surface area contributed by atoms with Gasteiger partial charge in [0.1, 0.15) is 5.75 Å². The third kappa shape index (κ3) is 4.07. The fourth-order valence-electron chi connectivity index (χ4n) is 3.21. The molecule has 0 saturated carbocycles. The Labute approximate surface area is 153 Å². The molecule has 0 saturated heterocycles. The zero-order valence-electron chi connectivity index (χ0n) is 15.0. The van der Waals surface area contributed by atoms with Crippen LogP contribution < -0.4 is 10.1 Å². The molecule has 0 bridgehead atoms. The average Bonchev–Trinajstić information content (AvgIpc) is 3.10. The van der Waals surface area contributed by atoms with Gasteiger partial charge in [0.05, 0.1) is 13.2 Å². The molecule has 5 heteroatoms. The van der Waals surface area contributed by atoms with Gasteiger partial charge in [0.15, 0.2) is 5.72 Å². The average molecular weight is 354 g/mol. The van der Waals surface area contributed by atoms with E-state index in [0.717, 1.165) is 16.5 Å². The number of fused-ring (bicyclic) bond motifs is 1. The predicted octanol–water partition coefficient (Wildman–Crippen LogP) is 2.84. The lowest BCUT2D eigenvalue weighted by atomic mass is 10.0. The largest absolute Gasteiger partial charge is 0.470 e. The molecular formula is C21H26N2O3. The Balaban J connectivity index is 1.77. The van der Waals surface area contributed by atoms with E-state index < -0.39 is 5.72 Å². The first-order valence-electron chi connectivity index (χ1n) is 8.98. The van der Waals surface area contributed by atoms with Crippen LogP contribution in [0.5, 0.6) is 5.75 Å². The van der Waals surface area contributed by atoms with Crippen molar-refractivity contribution in [3.05, 3.63) is 66.4 Å². The maximum Gasteiger partial charge on any atom is 0.184 e. The van der Waals surface area contributed by atoms with E-state index in [0.29, 0.717) is 18.6 Å². The quantitative estimate of drug-likeness (QED) is 0.446. The van der Waals surface area contributed by atoms with Crippen molar-refractivity contribution in [2.24, 2.45) is 0 Å². The fourth-order valence-corrected chi connectivity index (χ4v) is 3.21. The van der Waals surface area contributed by atoms with Crippen molar-refractivity contribution in [1.29, 1.82) is 0 Å². The number of nitrogens with one attached hydrogen (secondary N) is 2. The molecule has 3 aromatic rings. The number of H-pyrrole nitrogens is 1. The molecule has 3 rings (SSSR count). The van der Waals surface area contributed by atoms with Crippen LogP contribution in [0.1, 0.15) is 18.9 Å². The summed E-state index contributed by atoms with van der Waals surface area (Å²) < 4.78 is 6.06. The van der Waals surface area contributed by atoms with Crippen molar-refractivity contribution in [1.82, 2.24) is 10.3 Å².